The summed E-state index contributed by atoms with van der Waals surface area (Å²) in [5, 5.41) is 6.40. The Hall–Kier alpha value is -1.49. The van der Waals surface area contributed by atoms with Crippen LogP contribution in [0, 0.1) is 17.6 Å². The number of piperidine rings is 1. The average molecular weight is 308 g/mol. The fourth-order valence-corrected chi connectivity index (χ4v) is 3.64. The Morgan fingerprint density at radius 3 is 2.64 bits per heavy atom. The van der Waals surface area contributed by atoms with Gasteiger partial charge in [0, 0.05) is 24.4 Å². The molecule has 2 N–H and O–H groups in total. The van der Waals surface area contributed by atoms with Gasteiger partial charge in [0.15, 0.2) is 11.6 Å². The van der Waals surface area contributed by atoms with Gasteiger partial charge in [0.05, 0.1) is 0 Å². The summed E-state index contributed by atoms with van der Waals surface area (Å²) in [7, 11) is 0. The fraction of sp³-hybridized carbons (Fsp3) is 0.588. The highest BCUT2D eigenvalue weighted by molar-refractivity contribution is 5.79. The highest BCUT2D eigenvalue weighted by Crippen LogP contribution is 2.29. The smallest absolute Gasteiger partial charge is 0.223 e. The first kappa shape index (κ1) is 15.4. The van der Waals surface area contributed by atoms with Gasteiger partial charge in [0.25, 0.3) is 0 Å². The van der Waals surface area contributed by atoms with Gasteiger partial charge in [-0.25, -0.2) is 8.78 Å². The van der Waals surface area contributed by atoms with Crippen LogP contribution in [0.2, 0.25) is 0 Å². The third-order valence-electron chi connectivity index (χ3n) is 4.91. The first-order chi connectivity index (χ1) is 10.6. The quantitative estimate of drug-likeness (QED) is 0.901. The molecule has 1 saturated heterocycles. The number of carbonyl (C=O) groups excluding carboxylic acids is 1. The van der Waals surface area contributed by atoms with Crippen molar-refractivity contribution in [1.82, 2.24) is 10.6 Å². The number of amides is 1. The van der Waals surface area contributed by atoms with Crippen LogP contribution < -0.4 is 10.6 Å². The second-order valence-corrected chi connectivity index (χ2v) is 6.37. The van der Waals surface area contributed by atoms with Gasteiger partial charge >= 0.3 is 0 Å². The second kappa shape index (κ2) is 6.73. The van der Waals surface area contributed by atoms with Crippen molar-refractivity contribution in [2.24, 2.45) is 5.92 Å². The molecule has 5 heteroatoms. The van der Waals surface area contributed by atoms with E-state index in [1.807, 2.05) is 0 Å². The van der Waals surface area contributed by atoms with Gasteiger partial charge in [0.1, 0.15) is 0 Å². The molecule has 1 aliphatic carbocycles. The van der Waals surface area contributed by atoms with E-state index in [0.29, 0.717) is 6.54 Å². The van der Waals surface area contributed by atoms with Crippen LogP contribution in [-0.2, 0) is 4.79 Å². The Morgan fingerprint density at radius 2 is 1.91 bits per heavy atom. The van der Waals surface area contributed by atoms with Gasteiger partial charge in [-0.15, -0.1) is 0 Å². The van der Waals surface area contributed by atoms with Crippen molar-refractivity contribution in [2.45, 2.75) is 44.1 Å². The number of hydrogen-bond donors (Lipinski definition) is 2. The number of rotatable bonds is 3. The zero-order valence-electron chi connectivity index (χ0n) is 12.6. The summed E-state index contributed by atoms with van der Waals surface area (Å²) in [5.41, 5.74) is 0.761. The molecule has 0 spiro atoms. The predicted molar refractivity (Wildman–Crippen MR) is 80.5 cm³/mol. The summed E-state index contributed by atoms with van der Waals surface area (Å²) < 4.78 is 26.6. The fourth-order valence-electron chi connectivity index (χ4n) is 3.64. The highest BCUT2D eigenvalue weighted by atomic mass is 19.2. The maximum Gasteiger partial charge on any atom is 0.223 e. The molecule has 1 heterocycles. The van der Waals surface area contributed by atoms with E-state index in [2.05, 4.69) is 10.6 Å². The van der Waals surface area contributed by atoms with Crippen LogP contribution in [0.1, 0.15) is 43.6 Å². The molecule has 3 nitrogen and oxygen atoms in total. The molecule has 0 bridgehead atoms. The molecule has 1 amide bonds. The normalized spacial score (nSPS) is 26.1. The van der Waals surface area contributed by atoms with Crippen molar-refractivity contribution >= 4 is 5.91 Å². The standard InChI is InChI=1S/C17H22F2N2O/c18-14-6-5-12(9-15(14)19)13-7-8-20-10-16(13)21-17(22)11-3-1-2-4-11/h5-6,9,11,13,16,20H,1-4,7-8,10H2,(H,21,22). The molecule has 1 aromatic rings. The lowest BCUT2D eigenvalue weighted by Gasteiger charge is -2.34. The van der Waals surface area contributed by atoms with E-state index in [1.54, 1.807) is 6.07 Å². The highest BCUT2D eigenvalue weighted by Gasteiger charge is 2.31. The van der Waals surface area contributed by atoms with Crippen molar-refractivity contribution < 1.29 is 13.6 Å². The monoisotopic (exact) mass is 308 g/mol. The molecule has 2 unspecified atom stereocenters. The number of nitrogens with one attached hydrogen (secondary N) is 2. The van der Waals surface area contributed by atoms with Gasteiger partial charge < -0.3 is 10.6 Å². The summed E-state index contributed by atoms with van der Waals surface area (Å²) in [4.78, 5) is 12.3. The molecule has 22 heavy (non-hydrogen) atoms. The summed E-state index contributed by atoms with van der Waals surface area (Å²) in [6.07, 6.45) is 4.96. The third-order valence-corrected chi connectivity index (χ3v) is 4.91. The SMILES string of the molecule is O=C(NC1CNCCC1c1ccc(F)c(F)c1)C1CCCC1. The number of hydrogen-bond acceptors (Lipinski definition) is 2. The molecular weight excluding hydrogens is 286 g/mol. The summed E-state index contributed by atoms with van der Waals surface area (Å²) in [6, 6.07) is 4.00. The Bertz CT molecular complexity index is 543. The van der Waals surface area contributed by atoms with E-state index in [4.69, 9.17) is 0 Å². The molecule has 2 aliphatic rings. The average Bonchev–Trinajstić information content (AvgIpc) is 3.05. The molecule has 120 valence electrons. The Balaban J connectivity index is 1.72. The summed E-state index contributed by atoms with van der Waals surface area (Å²) >= 11 is 0. The first-order valence-corrected chi connectivity index (χ1v) is 8.11. The predicted octanol–water partition coefficient (Wildman–Crippen LogP) is 2.72. The van der Waals surface area contributed by atoms with Crippen LogP contribution in [0.15, 0.2) is 18.2 Å². The van der Waals surface area contributed by atoms with Crippen molar-refractivity contribution in [1.29, 1.82) is 0 Å². The zero-order chi connectivity index (χ0) is 15.5. The number of carbonyl (C=O) groups is 1. The van der Waals surface area contributed by atoms with E-state index >= 15 is 0 Å². The van der Waals surface area contributed by atoms with Crippen LogP contribution in [0.4, 0.5) is 8.78 Å². The van der Waals surface area contributed by atoms with E-state index < -0.39 is 11.6 Å². The van der Waals surface area contributed by atoms with Gasteiger partial charge in [-0.3, -0.25) is 4.79 Å². The zero-order valence-corrected chi connectivity index (χ0v) is 12.6. The third kappa shape index (κ3) is 3.29. The van der Waals surface area contributed by atoms with E-state index in [0.717, 1.165) is 44.2 Å². The Morgan fingerprint density at radius 1 is 1.14 bits per heavy atom. The second-order valence-electron chi connectivity index (χ2n) is 6.37. The van der Waals surface area contributed by atoms with Crippen LogP contribution >= 0.6 is 0 Å². The molecule has 0 aromatic heterocycles. The molecule has 2 fully saturated rings. The lowest BCUT2D eigenvalue weighted by atomic mass is 9.85. The molecular formula is C17H22F2N2O. The molecule has 2 atom stereocenters. The minimum absolute atomic E-state index is 0.0294. The summed E-state index contributed by atoms with van der Waals surface area (Å²) in [6.45, 7) is 1.49. The van der Waals surface area contributed by atoms with Crippen LogP contribution in [0.5, 0.6) is 0 Å². The van der Waals surface area contributed by atoms with Crippen molar-refractivity contribution in [3.63, 3.8) is 0 Å². The van der Waals surface area contributed by atoms with Crippen molar-refractivity contribution in [2.75, 3.05) is 13.1 Å². The molecule has 1 saturated carbocycles. The van der Waals surface area contributed by atoms with Crippen molar-refractivity contribution in [3.05, 3.63) is 35.4 Å². The van der Waals surface area contributed by atoms with E-state index in [9.17, 15) is 13.6 Å². The maximum atomic E-state index is 13.5. The lowest BCUT2D eigenvalue weighted by molar-refractivity contribution is -0.125. The van der Waals surface area contributed by atoms with Gasteiger partial charge in [0.2, 0.25) is 5.91 Å². The molecule has 1 aliphatic heterocycles. The maximum absolute atomic E-state index is 13.5. The van der Waals surface area contributed by atoms with Crippen LogP contribution in [-0.4, -0.2) is 25.0 Å². The first-order valence-electron chi connectivity index (χ1n) is 8.11. The van der Waals surface area contributed by atoms with Crippen LogP contribution in [0.3, 0.4) is 0 Å². The van der Waals surface area contributed by atoms with Gasteiger partial charge in [-0.05, 0) is 43.5 Å². The van der Waals surface area contributed by atoms with E-state index in [1.165, 1.54) is 12.1 Å². The van der Waals surface area contributed by atoms with Gasteiger partial charge in [-0.1, -0.05) is 18.9 Å². The molecule has 0 radical (unpaired) electrons. The Labute approximate surface area is 129 Å². The van der Waals surface area contributed by atoms with Gasteiger partial charge in [-0.2, -0.15) is 0 Å². The largest absolute Gasteiger partial charge is 0.351 e. The topological polar surface area (TPSA) is 41.1 Å². The lowest BCUT2D eigenvalue weighted by Crippen LogP contribution is -2.51. The van der Waals surface area contributed by atoms with Crippen molar-refractivity contribution in [3.8, 4) is 0 Å². The molecule has 3 rings (SSSR count). The van der Waals surface area contributed by atoms with Crippen LogP contribution in [0.25, 0.3) is 0 Å². The molecule has 1 aromatic carbocycles. The number of benzene rings is 1. The number of halogens is 2. The Kier molecular flexibility index (Phi) is 4.71. The minimum Gasteiger partial charge on any atom is -0.351 e. The summed E-state index contributed by atoms with van der Waals surface area (Å²) in [5.74, 6) is -1.39. The van der Waals surface area contributed by atoms with E-state index in [-0.39, 0.29) is 23.8 Å². The minimum atomic E-state index is -0.829.